The Labute approximate surface area is 182 Å². The van der Waals surface area contributed by atoms with Gasteiger partial charge in [0, 0.05) is 19.2 Å². The van der Waals surface area contributed by atoms with Crippen LogP contribution in [0.4, 0.5) is 0 Å². The summed E-state index contributed by atoms with van der Waals surface area (Å²) < 4.78 is 1.65. The molecule has 4 fully saturated rings. The summed E-state index contributed by atoms with van der Waals surface area (Å²) in [5, 5.41) is 21.2. The first-order chi connectivity index (χ1) is 14.9. The molecule has 1 heterocycles. The summed E-state index contributed by atoms with van der Waals surface area (Å²) in [5.41, 5.74) is 1.10. The third-order valence-corrected chi connectivity index (χ3v) is 7.62. The molecule has 2 aromatic rings. The summed E-state index contributed by atoms with van der Waals surface area (Å²) in [6.45, 7) is 1.98. The first-order valence-electron chi connectivity index (χ1n) is 11.3. The molecule has 3 N–H and O–H groups in total. The van der Waals surface area contributed by atoms with Crippen molar-refractivity contribution in [3.63, 3.8) is 0 Å². The Morgan fingerprint density at radius 3 is 2.42 bits per heavy atom. The maximum atomic E-state index is 13.4. The fourth-order valence-electron chi connectivity index (χ4n) is 6.41. The van der Waals surface area contributed by atoms with E-state index in [1.807, 2.05) is 37.3 Å². The summed E-state index contributed by atoms with van der Waals surface area (Å²) in [6.07, 6.45) is 4.61. The van der Waals surface area contributed by atoms with Crippen molar-refractivity contribution in [3.05, 3.63) is 53.3 Å². The molecule has 6 rings (SSSR count). The van der Waals surface area contributed by atoms with Gasteiger partial charge in [0.2, 0.25) is 0 Å². The van der Waals surface area contributed by atoms with Crippen molar-refractivity contribution in [1.82, 2.24) is 20.4 Å². The van der Waals surface area contributed by atoms with Crippen molar-refractivity contribution < 1.29 is 14.7 Å². The summed E-state index contributed by atoms with van der Waals surface area (Å²) in [5.74, 6) is 0.710. The Morgan fingerprint density at radius 2 is 1.81 bits per heavy atom. The van der Waals surface area contributed by atoms with E-state index in [9.17, 15) is 14.7 Å². The Balaban J connectivity index is 1.43. The number of nitrogens with zero attached hydrogens (tertiary/aromatic N) is 2. The largest absolute Gasteiger partial charge is 0.390 e. The standard InChI is InChI=1S/C24H30N4O3/c1-14(16-6-4-3-5-7-16)28-20(10-19(27-28)22(29)25-2)23(30)26-21-17-8-15-9-18(21)13-24(31,11-15)12-17/h3-7,10,14-15,17-18,21,31H,8-9,11-13H2,1-2H3,(H,25,29)(H,26,30)/t14-,15?,17-,18-,21?,24?/m0/s1. The molecule has 31 heavy (non-hydrogen) atoms. The van der Waals surface area contributed by atoms with Crippen LogP contribution in [0.3, 0.4) is 0 Å². The molecule has 0 aliphatic heterocycles. The van der Waals surface area contributed by atoms with Crippen molar-refractivity contribution >= 4 is 11.8 Å². The van der Waals surface area contributed by atoms with Gasteiger partial charge < -0.3 is 15.7 Å². The van der Waals surface area contributed by atoms with Gasteiger partial charge in [-0.15, -0.1) is 0 Å². The number of rotatable bonds is 5. The zero-order chi connectivity index (χ0) is 21.8. The molecule has 3 atom stereocenters. The second-order valence-electron chi connectivity index (χ2n) is 9.72. The molecule has 0 unspecified atom stereocenters. The number of nitrogens with one attached hydrogen (secondary N) is 2. The van der Waals surface area contributed by atoms with Crippen molar-refractivity contribution in [2.75, 3.05) is 7.05 Å². The van der Waals surface area contributed by atoms with Gasteiger partial charge in [0.05, 0.1) is 11.6 Å². The van der Waals surface area contributed by atoms with Gasteiger partial charge in [-0.25, -0.2) is 0 Å². The normalized spacial score (nSPS) is 32.0. The number of carbonyl (C=O) groups is 2. The molecule has 1 aromatic heterocycles. The van der Waals surface area contributed by atoms with Crippen LogP contribution in [0.2, 0.25) is 0 Å². The molecule has 4 saturated carbocycles. The fourth-order valence-corrected chi connectivity index (χ4v) is 6.41. The summed E-state index contributed by atoms with van der Waals surface area (Å²) in [7, 11) is 1.56. The van der Waals surface area contributed by atoms with Gasteiger partial charge >= 0.3 is 0 Å². The van der Waals surface area contributed by atoms with E-state index in [0.717, 1.165) is 37.7 Å². The average molecular weight is 423 g/mol. The third-order valence-electron chi connectivity index (χ3n) is 7.62. The summed E-state index contributed by atoms with van der Waals surface area (Å²) in [4.78, 5) is 25.7. The predicted octanol–water partition coefficient (Wildman–Crippen LogP) is 2.52. The maximum Gasteiger partial charge on any atom is 0.271 e. The van der Waals surface area contributed by atoms with Crippen molar-refractivity contribution in [1.29, 1.82) is 0 Å². The fraction of sp³-hybridized carbons (Fsp3) is 0.542. The highest BCUT2D eigenvalue weighted by Gasteiger charge is 2.55. The van der Waals surface area contributed by atoms with Crippen LogP contribution >= 0.6 is 0 Å². The number of benzene rings is 1. The van der Waals surface area contributed by atoms with E-state index in [2.05, 4.69) is 15.7 Å². The Hall–Kier alpha value is -2.67. The first-order valence-corrected chi connectivity index (χ1v) is 11.3. The summed E-state index contributed by atoms with van der Waals surface area (Å²) >= 11 is 0. The smallest absolute Gasteiger partial charge is 0.271 e. The minimum absolute atomic E-state index is 0.0724. The van der Waals surface area contributed by atoms with Gasteiger partial charge in [0.15, 0.2) is 5.69 Å². The number of aliphatic hydroxyl groups is 1. The van der Waals surface area contributed by atoms with Crippen LogP contribution in [0.1, 0.15) is 71.6 Å². The molecular weight excluding hydrogens is 392 g/mol. The van der Waals surface area contributed by atoms with Crippen molar-refractivity contribution in [3.8, 4) is 0 Å². The zero-order valence-electron chi connectivity index (χ0n) is 18.0. The number of hydrogen-bond donors (Lipinski definition) is 3. The lowest BCUT2D eigenvalue weighted by Crippen LogP contribution is -2.61. The monoisotopic (exact) mass is 422 g/mol. The predicted molar refractivity (Wildman–Crippen MR) is 116 cm³/mol. The number of carbonyl (C=O) groups excluding carboxylic acids is 2. The number of aromatic nitrogens is 2. The molecule has 0 radical (unpaired) electrons. The van der Waals surface area contributed by atoms with Gasteiger partial charge in [-0.2, -0.15) is 5.10 Å². The van der Waals surface area contributed by atoms with E-state index in [4.69, 9.17) is 0 Å². The number of amides is 2. The van der Waals surface area contributed by atoms with Crippen LogP contribution in [-0.4, -0.2) is 45.4 Å². The molecule has 4 bridgehead atoms. The van der Waals surface area contributed by atoms with E-state index in [1.165, 1.54) is 0 Å². The highest BCUT2D eigenvalue weighted by Crippen LogP contribution is 2.55. The van der Waals surface area contributed by atoms with E-state index in [1.54, 1.807) is 17.8 Å². The van der Waals surface area contributed by atoms with Crippen LogP contribution < -0.4 is 10.6 Å². The lowest BCUT2D eigenvalue weighted by atomic mass is 9.52. The molecule has 7 heteroatoms. The van der Waals surface area contributed by atoms with Crippen LogP contribution in [0.5, 0.6) is 0 Å². The van der Waals surface area contributed by atoms with Crippen LogP contribution in [0.15, 0.2) is 36.4 Å². The minimum atomic E-state index is -0.534. The average Bonchev–Trinajstić information content (AvgIpc) is 3.20. The van der Waals surface area contributed by atoms with Gasteiger partial charge in [0.25, 0.3) is 11.8 Å². The van der Waals surface area contributed by atoms with E-state index in [-0.39, 0.29) is 29.6 Å². The molecule has 1 aromatic carbocycles. The highest BCUT2D eigenvalue weighted by molar-refractivity contribution is 5.98. The maximum absolute atomic E-state index is 13.4. The Bertz CT molecular complexity index is 986. The van der Waals surface area contributed by atoms with E-state index >= 15 is 0 Å². The van der Waals surface area contributed by atoms with E-state index < -0.39 is 5.60 Å². The van der Waals surface area contributed by atoms with Gasteiger partial charge in [-0.3, -0.25) is 14.3 Å². The molecule has 2 amide bonds. The molecule has 7 nitrogen and oxygen atoms in total. The number of hydrogen-bond acceptors (Lipinski definition) is 4. The molecule has 0 spiro atoms. The highest BCUT2D eigenvalue weighted by atomic mass is 16.3. The molecule has 164 valence electrons. The van der Waals surface area contributed by atoms with Gasteiger partial charge in [0.1, 0.15) is 5.69 Å². The van der Waals surface area contributed by atoms with Crippen LogP contribution in [-0.2, 0) is 0 Å². The molecule has 4 aliphatic carbocycles. The molecule has 4 aliphatic rings. The van der Waals surface area contributed by atoms with E-state index in [0.29, 0.717) is 23.4 Å². The van der Waals surface area contributed by atoms with Gasteiger partial charge in [-0.1, -0.05) is 30.3 Å². The minimum Gasteiger partial charge on any atom is -0.390 e. The second kappa shape index (κ2) is 7.48. The zero-order valence-corrected chi connectivity index (χ0v) is 18.0. The van der Waals surface area contributed by atoms with Crippen molar-refractivity contribution in [2.45, 2.75) is 56.7 Å². The van der Waals surface area contributed by atoms with Crippen molar-refractivity contribution in [2.24, 2.45) is 17.8 Å². The van der Waals surface area contributed by atoms with Crippen LogP contribution in [0.25, 0.3) is 0 Å². The topological polar surface area (TPSA) is 96.3 Å². The first kappa shape index (κ1) is 20.2. The second-order valence-corrected chi connectivity index (χ2v) is 9.72. The summed E-state index contributed by atoms with van der Waals surface area (Å²) in [6, 6.07) is 11.3. The third kappa shape index (κ3) is 3.55. The SMILES string of the molecule is CNC(=O)c1cc(C(=O)NC2[C@H]3CC4C[C@H]2CC(O)(C4)C3)n([C@@H](C)c2ccccc2)n1. The van der Waals surface area contributed by atoms with Gasteiger partial charge in [-0.05, 0) is 62.3 Å². The Morgan fingerprint density at radius 1 is 1.13 bits per heavy atom. The lowest BCUT2D eigenvalue weighted by molar-refractivity contribution is -0.137. The molecular formula is C24H30N4O3. The lowest BCUT2D eigenvalue weighted by Gasteiger charge is -2.58. The quantitative estimate of drug-likeness (QED) is 0.690. The molecule has 0 saturated heterocycles. The Kier molecular flexibility index (Phi) is 4.88. The van der Waals surface area contributed by atoms with Crippen LogP contribution in [0, 0.1) is 17.8 Å².